The van der Waals surface area contributed by atoms with Gasteiger partial charge in [0.1, 0.15) is 11.4 Å². The number of imidazole rings is 1. The standard InChI is InChI=1S/C26H29FN4O3/c1-26(2,3)34-25(33)29-12-10-18(11-13-29)16-30-22-6-4-5-7-23(22)31(24(30)32)17-20-9-8-19(15-28)14-21(20)27/h4-9,14,18H,10-13,16-17H2,1-3H3. The second kappa shape index (κ2) is 9.34. The van der Waals surface area contributed by atoms with E-state index in [1.54, 1.807) is 26.2 Å². The Hall–Kier alpha value is -3.60. The van der Waals surface area contributed by atoms with Crippen LogP contribution in [0, 0.1) is 23.1 Å². The Bertz CT molecular complexity index is 1300. The molecule has 34 heavy (non-hydrogen) atoms. The highest BCUT2D eigenvalue weighted by Crippen LogP contribution is 2.23. The number of benzene rings is 2. The number of hydrogen-bond acceptors (Lipinski definition) is 4. The molecule has 0 bridgehead atoms. The maximum atomic E-state index is 14.5. The molecule has 8 heteroatoms. The van der Waals surface area contributed by atoms with Gasteiger partial charge >= 0.3 is 11.8 Å². The Morgan fingerprint density at radius 1 is 1.12 bits per heavy atom. The number of halogens is 1. The first kappa shape index (κ1) is 23.6. The van der Waals surface area contributed by atoms with Gasteiger partial charge < -0.3 is 9.64 Å². The molecular weight excluding hydrogens is 435 g/mol. The van der Waals surface area contributed by atoms with E-state index < -0.39 is 11.4 Å². The van der Waals surface area contributed by atoms with Crippen molar-refractivity contribution in [2.75, 3.05) is 13.1 Å². The number of hydrogen-bond donors (Lipinski definition) is 0. The van der Waals surface area contributed by atoms with E-state index in [1.807, 2.05) is 51.1 Å². The van der Waals surface area contributed by atoms with Crippen molar-refractivity contribution in [2.24, 2.45) is 5.92 Å². The minimum absolute atomic E-state index is 0.0843. The van der Waals surface area contributed by atoms with Crippen LogP contribution >= 0.6 is 0 Å². The molecule has 0 spiro atoms. The Kier molecular flexibility index (Phi) is 6.47. The van der Waals surface area contributed by atoms with Crippen molar-refractivity contribution in [1.82, 2.24) is 14.0 Å². The van der Waals surface area contributed by atoms with Crippen LogP contribution in [0.25, 0.3) is 11.0 Å². The summed E-state index contributed by atoms with van der Waals surface area (Å²) in [6.07, 6.45) is 1.24. The summed E-state index contributed by atoms with van der Waals surface area (Å²) in [6.45, 7) is 7.34. The number of nitriles is 1. The number of aromatic nitrogens is 2. The molecule has 3 aromatic rings. The van der Waals surface area contributed by atoms with Crippen LogP contribution in [0.3, 0.4) is 0 Å². The van der Waals surface area contributed by atoms with Gasteiger partial charge in [-0.3, -0.25) is 9.13 Å². The summed E-state index contributed by atoms with van der Waals surface area (Å²) in [5.41, 5.74) is 1.42. The second-order valence-electron chi connectivity index (χ2n) is 9.80. The number of carbonyl (C=O) groups excluding carboxylic acids is 1. The smallest absolute Gasteiger partial charge is 0.410 e. The monoisotopic (exact) mass is 464 g/mol. The number of fused-ring (bicyclic) bond motifs is 1. The minimum atomic E-state index is -0.530. The van der Waals surface area contributed by atoms with Crippen molar-refractivity contribution in [1.29, 1.82) is 5.26 Å². The normalized spacial score (nSPS) is 14.9. The van der Waals surface area contributed by atoms with Gasteiger partial charge in [-0.05, 0) is 63.8 Å². The molecule has 0 aliphatic carbocycles. The van der Waals surface area contributed by atoms with Crippen LogP contribution in [0.5, 0.6) is 0 Å². The summed E-state index contributed by atoms with van der Waals surface area (Å²) in [5, 5.41) is 8.98. The average Bonchev–Trinajstić information content (AvgIpc) is 3.05. The van der Waals surface area contributed by atoms with E-state index in [9.17, 15) is 14.0 Å². The number of ether oxygens (including phenoxy) is 1. The molecule has 0 unspecified atom stereocenters. The number of nitrogens with zero attached hydrogens (tertiary/aromatic N) is 4. The fourth-order valence-corrected chi connectivity index (χ4v) is 4.40. The van der Waals surface area contributed by atoms with Gasteiger partial charge in [0.05, 0.1) is 29.2 Å². The van der Waals surface area contributed by atoms with Gasteiger partial charge in [-0.25, -0.2) is 14.0 Å². The molecule has 1 aliphatic heterocycles. The lowest BCUT2D eigenvalue weighted by Crippen LogP contribution is -2.42. The quantitative estimate of drug-likeness (QED) is 0.569. The lowest BCUT2D eigenvalue weighted by molar-refractivity contribution is 0.0178. The third-order valence-electron chi connectivity index (χ3n) is 6.14. The maximum Gasteiger partial charge on any atom is 0.410 e. The highest BCUT2D eigenvalue weighted by atomic mass is 19.1. The molecule has 4 rings (SSSR count). The third-order valence-corrected chi connectivity index (χ3v) is 6.14. The maximum absolute atomic E-state index is 14.5. The van der Waals surface area contributed by atoms with Crippen LogP contribution in [-0.2, 0) is 17.8 Å². The predicted molar refractivity (Wildman–Crippen MR) is 127 cm³/mol. The summed E-state index contributed by atoms with van der Waals surface area (Å²) < 4.78 is 23.3. The number of carbonyl (C=O) groups is 1. The predicted octanol–water partition coefficient (Wildman–Crippen LogP) is 4.51. The molecule has 0 radical (unpaired) electrons. The molecule has 7 nitrogen and oxygen atoms in total. The second-order valence-corrected chi connectivity index (χ2v) is 9.80. The molecule has 0 saturated carbocycles. The Morgan fingerprint density at radius 2 is 1.76 bits per heavy atom. The van der Waals surface area contributed by atoms with Crippen molar-refractivity contribution in [2.45, 2.75) is 52.3 Å². The molecule has 2 aromatic carbocycles. The molecule has 0 N–H and O–H groups in total. The van der Waals surface area contributed by atoms with Crippen LogP contribution < -0.4 is 5.69 Å². The molecule has 1 saturated heterocycles. The largest absolute Gasteiger partial charge is 0.444 e. The zero-order valence-electron chi connectivity index (χ0n) is 19.8. The summed E-state index contributed by atoms with van der Waals surface area (Å²) in [7, 11) is 0. The minimum Gasteiger partial charge on any atom is -0.444 e. The van der Waals surface area contributed by atoms with Crippen molar-refractivity contribution >= 4 is 17.1 Å². The first-order valence-electron chi connectivity index (χ1n) is 11.5. The molecule has 178 valence electrons. The van der Waals surface area contributed by atoms with Crippen LogP contribution in [-0.4, -0.2) is 38.8 Å². The Labute approximate surface area is 198 Å². The molecule has 2 heterocycles. The van der Waals surface area contributed by atoms with Crippen LogP contribution in [0.15, 0.2) is 47.3 Å². The van der Waals surface area contributed by atoms with Crippen molar-refractivity contribution in [3.8, 4) is 6.07 Å². The van der Waals surface area contributed by atoms with Crippen molar-refractivity contribution in [3.63, 3.8) is 0 Å². The van der Waals surface area contributed by atoms with Gasteiger partial charge in [0.2, 0.25) is 0 Å². The highest BCUT2D eigenvalue weighted by Gasteiger charge is 2.28. The summed E-state index contributed by atoms with van der Waals surface area (Å²) in [6, 6.07) is 13.7. The molecule has 1 aliphatic rings. The summed E-state index contributed by atoms with van der Waals surface area (Å²) in [5.74, 6) is -0.264. The van der Waals surface area contributed by atoms with Gasteiger partial charge in [-0.1, -0.05) is 18.2 Å². The summed E-state index contributed by atoms with van der Waals surface area (Å²) in [4.78, 5) is 27.5. The fraction of sp³-hybridized carbons (Fsp3) is 0.423. The van der Waals surface area contributed by atoms with E-state index >= 15 is 0 Å². The molecule has 1 fully saturated rings. The van der Waals surface area contributed by atoms with E-state index in [0.29, 0.717) is 25.2 Å². The summed E-state index contributed by atoms with van der Waals surface area (Å²) >= 11 is 0. The van der Waals surface area contributed by atoms with Crippen LogP contribution in [0.4, 0.5) is 9.18 Å². The van der Waals surface area contributed by atoms with Crippen molar-refractivity contribution < 1.29 is 13.9 Å². The van der Waals surface area contributed by atoms with E-state index in [4.69, 9.17) is 10.00 Å². The van der Waals surface area contributed by atoms with Crippen molar-refractivity contribution in [3.05, 3.63) is 69.9 Å². The van der Waals surface area contributed by atoms with Gasteiger partial charge in [0.25, 0.3) is 0 Å². The topological polar surface area (TPSA) is 80.3 Å². The molecule has 0 atom stereocenters. The fourth-order valence-electron chi connectivity index (χ4n) is 4.40. The lowest BCUT2D eigenvalue weighted by Gasteiger charge is -2.33. The molecule has 1 aromatic heterocycles. The lowest BCUT2D eigenvalue weighted by atomic mass is 9.97. The SMILES string of the molecule is CC(C)(C)OC(=O)N1CCC(Cn2c(=O)n(Cc3ccc(C#N)cc3F)c3ccccc32)CC1. The first-order valence-corrected chi connectivity index (χ1v) is 11.5. The van der Waals surface area contributed by atoms with Gasteiger partial charge in [0.15, 0.2) is 0 Å². The molecule has 1 amide bonds. The Morgan fingerprint density at radius 3 is 2.35 bits per heavy atom. The van der Waals surface area contributed by atoms with E-state index in [1.165, 1.54) is 6.07 Å². The number of rotatable bonds is 4. The van der Waals surface area contributed by atoms with Crippen LogP contribution in [0.1, 0.15) is 44.7 Å². The van der Waals surface area contributed by atoms with E-state index in [2.05, 4.69) is 0 Å². The highest BCUT2D eigenvalue weighted by molar-refractivity contribution is 5.76. The van der Waals surface area contributed by atoms with E-state index in [0.717, 1.165) is 23.9 Å². The van der Waals surface area contributed by atoms with Gasteiger partial charge in [-0.15, -0.1) is 0 Å². The number of piperidine rings is 1. The number of amides is 1. The van der Waals surface area contributed by atoms with Gasteiger partial charge in [-0.2, -0.15) is 5.26 Å². The Balaban J connectivity index is 1.54. The van der Waals surface area contributed by atoms with Crippen LogP contribution in [0.2, 0.25) is 0 Å². The average molecular weight is 465 g/mol. The number of para-hydroxylation sites is 2. The van der Waals surface area contributed by atoms with E-state index in [-0.39, 0.29) is 29.8 Å². The zero-order chi connectivity index (χ0) is 24.5. The first-order chi connectivity index (χ1) is 16.2. The number of likely N-dealkylation sites (tertiary alicyclic amines) is 1. The van der Waals surface area contributed by atoms with Gasteiger partial charge in [0, 0.05) is 25.2 Å². The molecular formula is C26H29FN4O3. The zero-order valence-corrected chi connectivity index (χ0v) is 19.8. The third kappa shape index (κ3) is 4.98.